The zero-order chi connectivity index (χ0) is 22.2. The van der Waals surface area contributed by atoms with Gasteiger partial charge in [0.05, 0.1) is 16.1 Å². The smallest absolute Gasteiger partial charge is 0.340 e. The Balaban J connectivity index is 0.00000132. The van der Waals surface area contributed by atoms with E-state index < -0.39 is 12.1 Å². The van der Waals surface area contributed by atoms with Crippen molar-refractivity contribution in [2.75, 3.05) is 6.54 Å². The molecular weight excluding hydrogens is 408 g/mol. The van der Waals surface area contributed by atoms with E-state index in [1.165, 1.54) is 0 Å². The number of aromatic nitrogens is 1. The molecule has 1 aliphatic rings. The summed E-state index contributed by atoms with van der Waals surface area (Å²) in [6.45, 7) is 8.72. The number of para-hydroxylation sites is 1. The molecule has 4 rings (SSSR count). The normalized spacial score (nSPS) is 19.1. The van der Waals surface area contributed by atoms with Gasteiger partial charge in [0.25, 0.3) is 0 Å². The van der Waals surface area contributed by atoms with Crippen LogP contribution in [0, 0.1) is 5.92 Å². The van der Waals surface area contributed by atoms with Crippen molar-refractivity contribution in [3.05, 3.63) is 89.6 Å². The fourth-order valence-electron chi connectivity index (χ4n) is 3.89. The first-order chi connectivity index (χ1) is 15.2. The molecule has 162 valence electrons. The highest BCUT2D eigenvalue weighted by atomic mass is 35.5. The van der Waals surface area contributed by atoms with Crippen LogP contribution < -0.4 is 5.32 Å². The molecule has 0 amide bonds. The van der Waals surface area contributed by atoms with E-state index in [0.717, 1.165) is 35.9 Å². The molecule has 1 saturated heterocycles. The first kappa shape index (κ1) is 23.0. The lowest BCUT2D eigenvalue weighted by Crippen LogP contribution is -2.43. The molecular formula is C26H29ClN2O2. The van der Waals surface area contributed by atoms with Crippen molar-refractivity contribution in [2.45, 2.75) is 38.8 Å². The molecule has 3 atom stereocenters. The zero-order valence-electron chi connectivity index (χ0n) is 18.1. The largest absolute Gasteiger partial charge is 0.452 e. The van der Waals surface area contributed by atoms with Gasteiger partial charge in [-0.1, -0.05) is 61.9 Å². The number of halogens is 1. The van der Waals surface area contributed by atoms with Crippen molar-refractivity contribution < 1.29 is 9.53 Å². The van der Waals surface area contributed by atoms with Gasteiger partial charge in [-0.2, -0.15) is 0 Å². The number of nitrogens with zero attached hydrogens (tertiary/aromatic N) is 1. The second-order valence-electron chi connectivity index (χ2n) is 7.31. The Morgan fingerprint density at radius 3 is 2.61 bits per heavy atom. The molecule has 3 unspecified atom stereocenters. The van der Waals surface area contributed by atoms with E-state index in [1.807, 2.05) is 50.3 Å². The van der Waals surface area contributed by atoms with E-state index in [1.54, 1.807) is 30.5 Å². The number of hydrogen-bond acceptors (Lipinski definition) is 4. The molecule has 0 aliphatic carbocycles. The Hall–Kier alpha value is -2.69. The molecule has 2 aromatic carbocycles. The predicted molar refractivity (Wildman–Crippen MR) is 127 cm³/mol. The molecule has 0 bridgehead atoms. The number of nitrogens with one attached hydrogen (secondary N) is 1. The van der Waals surface area contributed by atoms with E-state index in [4.69, 9.17) is 16.3 Å². The maximum atomic E-state index is 13.0. The van der Waals surface area contributed by atoms with E-state index in [9.17, 15) is 4.79 Å². The molecule has 3 aromatic rings. The molecule has 1 fully saturated rings. The van der Waals surface area contributed by atoms with Crippen molar-refractivity contribution in [3.8, 4) is 0 Å². The lowest BCUT2D eigenvalue weighted by Gasteiger charge is -2.34. The topological polar surface area (TPSA) is 51.2 Å². The number of rotatable bonds is 5. The minimum Gasteiger partial charge on any atom is -0.452 e. The lowest BCUT2D eigenvalue weighted by atomic mass is 9.88. The quantitative estimate of drug-likeness (QED) is 0.373. The Labute approximate surface area is 189 Å². The lowest BCUT2D eigenvalue weighted by molar-refractivity contribution is 0.0157. The number of pyridine rings is 1. The van der Waals surface area contributed by atoms with Gasteiger partial charge >= 0.3 is 5.97 Å². The predicted octanol–water partition coefficient (Wildman–Crippen LogP) is 6.37. The summed E-state index contributed by atoms with van der Waals surface area (Å²) in [5.41, 5.74) is 2.20. The van der Waals surface area contributed by atoms with Gasteiger partial charge in [0.2, 0.25) is 0 Å². The molecule has 1 N–H and O–H groups in total. The summed E-state index contributed by atoms with van der Waals surface area (Å²) in [4.78, 5) is 17.4. The minimum absolute atomic E-state index is 0.00319. The highest BCUT2D eigenvalue weighted by Crippen LogP contribution is 2.33. The number of esters is 1. The number of fused-ring (bicyclic) bond motifs is 1. The molecule has 31 heavy (non-hydrogen) atoms. The maximum absolute atomic E-state index is 13.0. The summed E-state index contributed by atoms with van der Waals surface area (Å²) in [5, 5.41) is 4.93. The van der Waals surface area contributed by atoms with Gasteiger partial charge in [0.15, 0.2) is 0 Å². The highest BCUT2D eigenvalue weighted by molar-refractivity contribution is 6.33. The van der Waals surface area contributed by atoms with E-state index in [-0.39, 0.29) is 6.04 Å². The van der Waals surface area contributed by atoms with Crippen LogP contribution in [0.4, 0.5) is 0 Å². The van der Waals surface area contributed by atoms with Crippen LogP contribution >= 0.6 is 11.6 Å². The van der Waals surface area contributed by atoms with Crippen LogP contribution in [-0.2, 0) is 4.74 Å². The number of benzene rings is 2. The number of hydrogen-bond donors (Lipinski definition) is 1. The number of carbonyl (C=O) groups excluding carboxylic acids is 1. The average Bonchev–Trinajstić information content (AvgIpc) is 2.84. The van der Waals surface area contributed by atoms with Gasteiger partial charge in [0, 0.05) is 29.7 Å². The molecule has 5 heteroatoms. The van der Waals surface area contributed by atoms with E-state index in [2.05, 4.69) is 16.9 Å². The molecule has 4 nitrogen and oxygen atoms in total. The van der Waals surface area contributed by atoms with Crippen LogP contribution in [0.2, 0.25) is 5.02 Å². The van der Waals surface area contributed by atoms with Crippen molar-refractivity contribution in [3.63, 3.8) is 0 Å². The summed E-state index contributed by atoms with van der Waals surface area (Å²) in [5.74, 6) is 0.00879. The van der Waals surface area contributed by atoms with E-state index >= 15 is 0 Å². The average molecular weight is 437 g/mol. The fraction of sp³-hybridized carbons (Fsp3) is 0.308. The first-order valence-corrected chi connectivity index (χ1v) is 11.2. The third-order valence-electron chi connectivity index (χ3n) is 5.51. The van der Waals surface area contributed by atoms with Crippen LogP contribution in [0.15, 0.2) is 73.4 Å². The van der Waals surface area contributed by atoms with Crippen molar-refractivity contribution in [1.82, 2.24) is 10.3 Å². The van der Waals surface area contributed by atoms with Gasteiger partial charge in [-0.15, -0.1) is 6.58 Å². The molecule has 1 aliphatic heterocycles. The van der Waals surface area contributed by atoms with Gasteiger partial charge in [-0.25, -0.2) is 4.79 Å². The third kappa shape index (κ3) is 5.33. The van der Waals surface area contributed by atoms with Crippen LogP contribution in [0.25, 0.3) is 10.9 Å². The van der Waals surface area contributed by atoms with Gasteiger partial charge < -0.3 is 10.1 Å². The number of ether oxygens (including phenoxy) is 1. The summed E-state index contributed by atoms with van der Waals surface area (Å²) >= 11 is 6.23. The molecule has 2 heterocycles. The van der Waals surface area contributed by atoms with Gasteiger partial charge in [-0.05, 0) is 43.0 Å². The summed E-state index contributed by atoms with van der Waals surface area (Å²) in [7, 11) is 0. The van der Waals surface area contributed by atoms with Crippen molar-refractivity contribution in [2.24, 2.45) is 5.92 Å². The van der Waals surface area contributed by atoms with Crippen molar-refractivity contribution >= 4 is 28.5 Å². The minimum atomic E-state index is -0.447. The second-order valence-corrected chi connectivity index (χ2v) is 7.72. The van der Waals surface area contributed by atoms with E-state index in [0.29, 0.717) is 16.5 Å². The zero-order valence-corrected chi connectivity index (χ0v) is 18.8. The highest BCUT2D eigenvalue weighted by Gasteiger charge is 2.32. The Morgan fingerprint density at radius 1 is 1.16 bits per heavy atom. The van der Waals surface area contributed by atoms with Gasteiger partial charge in [0.1, 0.15) is 6.10 Å². The van der Waals surface area contributed by atoms with Crippen LogP contribution in [0.1, 0.15) is 48.7 Å². The maximum Gasteiger partial charge on any atom is 0.340 e. The number of piperidine rings is 1. The SMILES string of the molecule is C=CC1CCC(C(OC(=O)c2ccccc2Cl)c2ccnc3ccccc23)NC1.CC. The standard InChI is InChI=1S/C24H23ClN2O2.C2H6/c1-2-16-11-12-22(27-15-16)23(29-24(28)19-8-3-5-9-20(19)25)18-13-14-26-21-10-6-4-7-17(18)21;1-2/h2-10,13-14,16,22-23,27H,1,11-12,15H2;1-2H3. The van der Waals surface area contributed by atoms with Crippen LogP contribution in [0.5, 0.6) is 0 Å². The first-order valence-electron chi connectivity index (χ1n) is 10.8. The molecule has 1 aromatic heterocycles. The Bertz CT molecular complexity index is 1020. The Kier molecular flexibility index (Phi) is 8.21. The second kappa shape index (κ2) is 11.1. The summed E-state index contributed by atoms with van der Waals surface area (Å²) in [6.07, 6.45) is 5.19. The molecule has 0 spiro atoms. The molecule has 0 radical (unpaired) electrons. The molecule has 0 saturated carbocycles. The van der Waals surface area contributed by atoms with Crippen LogP contribution in [-0.4, -0.2) is 23.5 Å². The van der Waals surface area contributed by atoms with Gasteiger partial charge in [-0.3, -0.25) is 4.98 Å². The fourth-order valence-corrected chi connectivity index (χ4v) is 4.11. The summed E-state index contributed by atoms with van der Waals surface area (Å²) in [6, 6.07) is 16.8. The van der Waals surface area contributed by atoms with Crippen LogP contribution in [0.3, 0.4) is 0 Å². The number of carbonyl (C=O) groups is 1. The monoisotopic (exact) mass is 436 g/mol. The Morgan fingerprint density at radius 2 is 1.90 bits per heavy atom. The third-order valence-corrected chi connectivity index (χ3v) is 5.84. The van der Waals surface area contributed by atoms with Crippen molar-refractivity contribution in [1.29, 1.82) is 0 Å². The summed E-state index contributed by atoms with van der Waals surface area (Å²) < 4.78 is 6.08.